The molecule has 73 valence electrons. The maximum absolute atomic E-state index is 8.66. The summed E-state index contributed by atoms with van der Waals surface area (Å²) in [6.45, 7) is 2.65. The summed E-state index contributed by atoms with van der Waals surface area (Å²) in [5.74, 6) is 1.12. The molecule has 3 nitrogen and oxygen atoms in total. The van der Waals surface area contributed by atoms with E-state index in [1.54, 1.807) is 19.2 Å². The smallest absolute Gasteiger partial charge is 0.169 e. The lowest BCUT2D eigenvalue weighted by atomic mass is 10.2. The predicted molar refractivity (Wildman–Crippen MR) is 52.3 cm³/mol. The molecule has 14 heavy (non-hydrogen) atoms. The van der Waals surface area contributed by atoms with Gasteiger partial charge in [0.2, 0.25) is 0 Å². The van der Waals surface area contributed by atoms with Gasteiger partial charge in [-0.2, -0.15) is 5.26 Å². The minimum absolute atomic E-state index is 0.519. The summed E-state index contributed by atoms with van der Waals surface area (Å²) >= 11 is 0. The number of nitriles is 1. The van der Waals surface area contributed by atoms with Crippen LogP contribution in [0, 0.1) is 17.4 Å². The van der Waals surface area contributed by atoms with Gasteiger partial charge in [-0.3, -0.25) is 0 Å². The van der Waals surface area contributed by atoms with Crippen LogP contribution in [0.2, 0.25) is 0 Å². The summed E-state index contributed by atoms with van der Waals surface area (Å²) in [7, 11) is 1.54. The van der Waals surface area contributed by atoms with Crippen molar-refractivity contribution in [2.24, 2.45) is 0 Å². The molecular weight excluding hydrogens is 178 g/mol. The Balaban J connectivity index is 2.89. The Hall–Kier alpha value is -1.69. The number of hydrogen-bond donors (Lipinski definition) is 0. The molecule has 1 aromatic rings. The summed E-state index contributed by atoms with van der Waals surface area (Å²) in [6.07, 6.45) is 0.928. The Bertz CT molecular complexity index is 342. The summed E-state index contributed by atoms with van der Waals surface area (Å²) in [4.78, 5) is 0. The van der Waals surface area contributed by atoms with E-state index in [1.165, 1.54) is 0 Å². The molecule has 0 aromatic heterocycles. The van der Waals surface area contributed by atoms with Crippen LogP contribution in [0.3, 0.4) is 0 Å². The number of ether oxygens (including phenoxy) is 2. The van der Waals surface area contributed by atoms with Gasteiger partial charge in [0, 0.05) is 12.1 Å². The lowest BCUT2D eigenvalue weighted by Crippen LogP contribution is -1.98. The molecule has 1 aromatic carbocycles. The van der Waals surface area contributed by atoms with Crippen LogP contribution >= 0.6 is 0 Å². The Kier molecular flexibility index (Phi) is 3.81. The second-order valence-corrected chi connectivity index (χ2v) is 2.75. The highest BCUT2D eigenvalue weighted by atomic mass is 16.5. The minimum atomic E-state index is 0.519. The van der Waals surface area contributed by atoms with Crippen LogP contribution in [-0.2, 0) is 0 Å². The second kappa shape index (κ2) is 5.13. The van der Waals surface area contributed by atoms with E-state index in [4.69, 9.17) is 14.7 Å². The third-order valence-corrected chi connectivity index (χ3v) is 1.67. The van der Waals surface area contributed by atoms with Gasteiger partial charge in [-0.1, -0.05) is 6.92 Å². The molecule has 0 heterocycles. The van der Waals surface area contributed by atoms with Crippen LogP contribution in [0.25, 0.3) is 0 Å². The molecule has 0 unspecified atom stereocenters. The van der Waals surface area contributed by atoms with Crippen LogP contribution in [-0.4, -0.2) is 13.7 Å². The van der Waals surface area contributed by atoms with Gasteiger partial charge in [0.05, 0.1) is 25.3 Å². The zero-order valence-electron chi connectivity index (χ0n) is 8.33. The first-order chi connectivity index (χ1) is 6.81. The molecule has 0 bridgehead atoms. The SMILES string of the molecule is CCCOc1[c]cc(C#N)cc1OC. The van der Waals surface area contributed by atoms with E-state index in [-0.39, 0.29) is 0 Å². The molecule has 0 saturated heterocycles. The third kappa shape index (κ3) is 2.40. The fraction of sp³-hybridized carbons (Fsp3) is 0.364. The lowest BCUT2D eigenvalue weighted by molar-refractivity contribution is 0.293. The van der Waals surface area contributed by atoms with Crippen LogP contribution < -0.4 is 9.47 Å². The van der Waals surface area contributed by atoms with Crippen LogP contribution in [0.15, 0.2) is 12.1 Å². The van der Waals surface area contributed by atoms with Gasteiger partial charge in [-0.05, 0) is 12.5 Å². The van der Waals surface area contributed by atoms with Crippen molar-refractivity contribution < 1.29 is 9.47 Å². The first kappa shape index (κ1) is 10.4. The fourth-order valence-electron chi connectivity index (χ4n) is 0.996. The van der Waals surface area contributed by atoms with Crippen molar-refractivity contribution in [3.63, 3.8) is 0 Å². The van der Waals surface area contributed by atoms with E-state index < -0.39 is 0 Å². The van der Waals surface area contributed by atoms with Gasteiger partial charge >= 0.3 is 0 Å². The van der Waals surface area contributed by atoms with E-state index in [0.717, 1.165) is 6.42 Å². The Morgan fingerprint density at radius 1 is 1.57 bits per heavy atom. The third-order valence-electron chi connectivity index (χ3n) is 1.67. The molecule has 0 aliphatic heterocycles. The minimum Gasteiger partial charge on any atom is -0.493 e. The highest BCUT2D eigenvalue weighted by Gasteiger charge is 2.05. The summed E-state index contributed by atoms with van der Waals surface area (Å²) in [6, 6.07) is 8.12. The van der Waals surface area contributed by atoms with Crippen molar-refractivity contribution >= 4 is 0 Å². The lowest BCUT2D eigenvalue weighted by Gasteiger charge is -2.08. The molecule has 3 heteroatoms. The molecule has 0 amide bonds. The number of rotatable bonds is 4. The summed E-state index contributed by atoms with van der Waals surface area (Å²) in [5, 5.41) is 8.66. The second-order valence-electron chi connectivity index (χ2n) is 2.75. The molecule has 0 spiro atoms. The first-order valence-corrected chi connectivity index (χ1v) is 4.44. The van der Waals surface area contributed by atoms with Crippen molar-refractivity contribution in [3.05, 3.63) is 23.8 Å². The molecule has 0 aliphatic rings. The van der Waals surface area contributed by atoms with E-state index >= 15 is 0 Å². The average molecular weight is 190 g/mol. The highest BCUT2D eigenvalue weighted by Crippen LogP contribution is 2.27. The monoisotopic (exact) mass is 190 g/mol. The van der Waals surface area contributed by atoms with Gasteiger partial charge in [-0.15, -0.1) is 0 Å². The predicted octanol–water partition coefficient (Wildman–Crippen LogP) is 2.16. The Morgan fingerprint density at radius 2 is 2.36 bits per heavy atom. The van der Waals surface area contributed by atoms with Crippen LogP contribution in [0.4, 0.5) is 0 Å². The maximum Gasteiger partial charge on any atom is 0.169 e. The van der Waals surface area contributed by atoms with Crippen molar-refractivity contribution in [1.29, 1.82) is 5.26 Å². The molecule has 0 atom stereocenters. The van der Waals surface area contributed by atoms with Crippen molar-refractivity contribution in [2.45, 2.75) is 13.3 Å². The van der Waals surface area contributed by atoms with Crippen LogP contribution in [0.5, 0.6) is 11.5 Å². The standard InChI is InChI=1S/C11H12NO2/c1-3-6-14-10-5-4-9(8-12)7-11(10)13-2/h4,7H,3,6H2,1-2H3. The molecule has 1 radical (unpaired) electrons. The molecule has 0 aliphatic carbocycles. The van der Waals surface area contributed by atoms with Gasteiger partial charge in [0.15, 0.2) is 11.5 Å². The largest absolute Gasteiger partial charge is 0.493 e. The van der Waals surface area contributed by atoms with Crippen molar-refractivity contribution in [3.8, 4) is 17.6 Å². The van der Waals surface area contributed by atoms with Gasteiger partial charge < -0.3 is 9.47 Å². The summed E-state index contributed by atoms with van der Waals surface area (Å²) in [5.41, 5.74) is 0.519. The van der Waals surface area contributed by atoms with E-state index in [0.29, 0.717) is 23.7 Å². The van der Waals surface area contributed by atoms with Crippen LogP contribution in [0.1, 0.15) is 18.9 Å². The van der Waals surface area contributed by atoms with Gasteiger partial charge in [0.25, 0.3) is 0 Å². The normalized spacial score (nSPS) is 9.21. The highest BCUT2D eigenvalue weighted by molar-refractivity contribution is 5.45. The first-order valence-electron chi connectivity index (χ1n) is 4.44. The number of methoxy groups -OCH3 is 1. The zero-order chi connectivity index (χ0) is 10.4. The fourth-order valence-corrected chi connectivity index (χ4v) is 0.996. The summed E-state index contributed by atoms with van der Waals surface area (Å²) < 4.78 is 10.5. The van der Waals surface area contributed by atoms with Gasteiger partial charge in [0.1, 0.15) is 0 Å². The Morgan fingerprint density at radius 3 is 2.93 bits per heavy atom. The average Bonchev–Trinajstić information content (AvgIpc) is 2.26. The van der Waals surface area contributed by atoms with Crippen molar-refractivity contribution in [2.75, 3.05) is 13.7 Å². The van der Waals surface area contributed by atoms with Crippen molar-refractivity contribution in [1.82, 2.24) is 0 Å². The number of benzene rings is 1. The molecule has 0 saturated carbocycles. The number of nitrogens with zero attached hydrogens (tertiary/aromatic N) is 1. The molecule has 0 N–H and O–H groups in total. The number of hydrogen-bond acceptors (Lipinski definition) is 3. The molecular formula is C11H12NO2. The topological polar surface area (TPSA) is 42.2 Å². The quantitative estimate of drug-likeness (QED) is 0.730. The molecule has 1 rings (SSSR count). The van der Waals surface area contributed by atoms with E-state index in [2.05, 4.69) is 6.07 Å². The molecule has 0 fully saturated rings. The Labute approximate surface area is 83.9 Å². The van der Waals surface area contributed by atoms with Gasteiger partial charge in [-0.25, -0.2) is 0 Å². The maximum atomic E-state index is 8.66. The van der Waals surface area contributed by atoms with E-state index in [1.807, 2.05) is 13.0 Å². The van der Waals surface area contributed by atoms with E-state index in [9.17, 15) is 0 Å². The zero-order valence-corrected chi connectivity index (χ0v) is 8.33.